The molecule has 1 aromatic carbocycles. The molecule has 416 valence electrons. The number of nitrogens with one attached hydrogen (secondary N) is 1. The predicted molar refractivity (Wildman–Crippen MR) is 293 cm³/mol. The number of hydrogen-bond donors (Lipinski definition) is 2. The predicted octanol–water partition coefficient (Wildman–Crippen LogP) is 11.0. The van der Waals surface area contributed by atoms with E-state index in [0.29, 0.717) is 60.5 Å². The molecule has 2 heterocycles. The van der Waals surface area contributed by atoms with Crippen LogP contribution in [0.2, 0.25) is 54.4 Å². The van der Waals surface area contributed by atoms with Crippen molar-refractivity contribution in [2.24, 2.45) is 16.7 Å². The SMILES string of the molecule is CC[Si](CC)(CC)O[C@H]1C(=O)[C@]2(C)[C@@H](O[Si](CC)(CC)CC)C[C@H]3OC[C@@]3(OC(C)=O)[C@H]2[C@@H]2OC(=O)CCCCCCC(=O)N[C@@H](c3ccccc3)[C@@H](O[Si](C)(C)C(C)(C)C)C(=O)O[C@H]3C[C@]2(O)C(C)(C)C1=C3C. The average molecular weight is 1080 g/mol. The van der Waals surface area contributed by atoms with E-state index in [2.05, 4.69) is 67.6 Å². The maximum atomic E-state index is 17.1. The van der Waals surface area contributed by atoms with Gasteiger partial charge in [-0.05, 0) is 97.8 Å². The Bertz CT molecular complexity index is 2220. The van der Waals surface area contributed by atoms with Crippen LogP contribution in [0.5, 0.6) is 0 Å². The summed E-state index contributed by atoms with van der Waals surface area (Å²) < 4.78 is 49.1. The molecule has 2 aliphatic heterocycles. The summed E-state index contributed by atoms with van der Waals surface area (Å²) in [7, 11) is -8.16. The van der Waals surface area contributed by atoms with Crippen LogP contribution in [-0.4, -0.2) is 114 Å². The smallest absolute Gasteiger partial charge is 0.337 e. The number of esters is 3. The molecule has 1 amide bonds. The number of ether oxygens (including phenoxy) is 4. The molecule has 0 spiro atoms. The zero-order valence-electron chi connectivity index (χ0n) is 48.0. The maximum Gasteiger partial charge on any atom is 0.337 e. The Balaban J connectivity index is 1.72. The molecular formula is C57H93NO13Si3. The molecule has 17 heteroatoms. The van der Waals surface area contributed by atoms with Gasteiger partial charge >= 0.3 is 17.9 Å². The molecule has 14 nitrogen and oxygen atoms in total. The highest BCUT2D eigenvalue weighted by atomic mass is 28.4. The summed E-state index contributed by atoms with van der Waals surface area (Å²) in [5.74, 6) is -3.73. The van der Waals surface area contributed by atoms with Gasteiger partial charge in [-0.25, -0.2) is 4.79 Å². The van der Waals surface area contributed by atoms with Crippen LogP contribution in [0.25, 0.3) is 0 Å². The first-order chi connectivity index (χ1) is 34.6. The topological polar surface area (TPSA) is 182 Å². The molecule has 2 saturated heterocycles. The summed E-state index contributed by atoms with van der Waals surface area (Å²) in [6.45, 7) is 31.7. The molecule has 2 N–H and O–H groups in total. The highest BCUT2D eigenvalue weighted by Crippen LogP contribution is 2.65. The number of rotatable bonds is 14. The van der Waals surface area contributed by atoms with Crippen LogP contribution in [0, 0.1) is 16.7 Å². The zero-order chi connectivity index (χ0) is 55.0. The number of Topliss-reactive ketones (excluding diaryl/α,β-unsaturated/α-hetero) is 1. The van der Waals surface area contributed by atoms with Crippen molar-refractivity contribution in [1.29, 1.82) is 0 Å². The quantitative estimate of drug-likeness (QED) is 0.0778. The van der Waals surface area contributed by atoms with Crippen molar-refractivity contribution in [1.82, 2.24) is 5.32 Å². The van der Waals surface area contributed by atoms with Crippen LogP contribution in [0.15, 0.2) is 41.5 Å². The minimum atomic E-state index is -2.83. The van der Waals surface area contributed by atoms with Crippen LogP contribution in [0.4, 0.5) is 0 Å². The van der Waals surface area contributed by atoms with Gasteiger partial charge < -0.3 is 42.6 Å². The van der Waals surface area contributed by atoms with Gasteiger partial charge in [0.05, 0.1) is 30.1 Å². The number of amides is 1. The van der Waals surface area contributed by atoms with Crippen molar-refractivity contribution < 1.29 is 61.3 Å². The Morgan fingerprint density at radius 1 is 0.811 bits per heavy atom. The Hall–Kier alpha value is -3.04. The number of carbonyl (C=O) groups is 5. The minimum Gasteiger partial charge on any atom is -0.459 e. The molecule has 3 bridgehead atoms. The number of ketones is 1. The second-order valence-corrected chi connectivity index (χ2v) is 38.9. The third-order valence-corrected chi connectivity index (χ3v) is 33.2. The van der Waals surface area contributed by atoms with E-state index in [1.807, 2.05) is 71.1 Å². The second kappa shape index (κ2) is 22.7. The van der Waals surface area contributed by atoms with Crippen LogP contribution < -0.4 is 5.32 Å². The zero-order valence-corrected chi connectivity index (χ0v) is 51.0. The average Bonchev–Trinajstić information content (AvgIpc) is 3.34. The van der Waals surface area contributed by atoms with Crippen molar-refractivity contribution in [2.45, 2.75) is 257 Å². The number of carbonyl (C=O) groups excluding carboxylic acids is 5. The van der Waals surface area contributed by atoms with E-state index in [1.165, 1.54) is 6.92 Å². The van der Waals surface area contributed by atoms with Gasteiger partial charge in [-0.15, -0.1) is 0 Å². The first-order valence-electron chi connectivity index (χ1n) is 28.1. The van der Waals surface area contributed by atoms with Gasteiger partial charge in [0.25, 0.3) is 0 Å². The Labute approximate surface area is 446 Å². The van der Waals surface area contributed by atoms with E-state index in [0.717, 1.165) is 18.1 Å². The molecule has 1 aromatic rings. The fraction of sp³-hybridized carbons (Fsp3) is 0.772. The van der Waals surface area contributed by atoms with Crippen molar-refractivity contribution >= 4 is 54.6 Å². The van der Waals surface area contributed by atoms with Gasteiger partial charge in [0.15, 0.2) is 42.4 Å². The maximum absolute atomic E-state index is 17.1. The lowest BCUT2D eigenvalue weighted by atomic mass is 9.44. The van der Waals surface area contributed by atoms with E-state index in [1.54, 1.807) is 0 Å². The number of benzene rings is 1. The monoisotopic (exact) mass is 1080 g/mol. The van der Waals surface area contributed by atoms with E-state index >= 15 is 9.59 Å². The summed E-state index contributed by atoms with van der Waals surface area (Å²) in [6.07, 6.45) is -4.59. The van der Waals surface area contributed by atoms with Crippen LogP contribution in [0.1, 0.15) is 160 Å². The molecule has 11 atom stereocenters. The van der Waals surface area contributed by atoms with Crippen molar-refractivity contribution in [2.75, 3.05) is 6.61 Å². The molecule has 0 radical (unpaired) electrons. The van der Waals surface area contributed by atoms with E-state index < -0.39 is 113 Å². The van der Waals surface area contributed by atoms with Crippen LogP contribution in [0.3, 0.4) is 0 Å². The summed E-state index contributed by atoms with van der Waals surface area (Å²) in [4.78, 5) is 75.3. The van der Waals surface area contributed by atoms with Gasteiger partial charge in [-0.3, -0.25) is 19.2 Å². The molecule has 3 aliphatic carbocycles. The summed E-state index contributed by atoms with van der Waals surface area (Å²) in [5, 5.41) is 17.4. The van der Waals surface area contributed by atoms with Crippen molar-refractivity contribution in [3.63, 3.8) is 0 Å². The fourth-order valence-corrected chi connectivity index (χ4v) is 20.0. The molecule has 0 aromatic heterocycles. The highest BCUT2D eigenvalue weighted by molar-refractivity contribution is 6.74. The molecule has 5 aliphatic rings. The fourth-order valence-electron chi connectivity index (χ4n) is 13.1. The number of fused-ring (bicyclic) bond motifs is 6. The number of hydrogen-bond acceptors (Lipinski definition) is 13. The Morgan fingerprint density at radius 3 is 1.91 bits per heavy atom. The van der Waals surface area contributed by atoms with Crippen molar-refractivity contribution in [3.8, 4) is 0 Å². The molecule has 2 saturated carbocycles. The van der Waals surface area contributed by atoms with Gasteiger partial charge in [-0.2, -0.15) is 0 Å². The van der Waals surface area contributed by atoms with Crippen LogP contribution >= 0.6 is 0 Å². The minimum absolute atomic E-state index is 0.0133. The van der Waals surface area contributed by atoms with Gasteiger partial charge in [0.2, 0.25) is 5.91 Å². The molecule has 4 fully saturated rings. The molecule has 0 unspecified atom stereocenters. The van der Waals surface area contributed by atoms with E-state index in [4.69, 9.17) is 32.2 Å². The van der Waals surface area contributed by atoms with Gasteiger partial charge in [-0.1, -0.05) is 119 Å². The normalized spacial score (nSPS) is 33.6. The first-order valence-corrected chi connectivity index (χ1v) is 36.1. The standard InChI is InChI=1S/C57H93NO13Si3/c1-17-73(18-2,19-3)69-41-34-42-56(36-65-42,68-38(8)59)49-51-57(64)35-40(37(7)45(54(57,12)13)47(50(62)55(41,49)14)71-74(20-4,21-5)22-6)66-52(63)48(70-72(15,16)53(9,10)11)46(39-30-26-25-27-31-39)58-43(60)32-28-23-24-29-33-44(61)67-51/h25-27,30-31,40-42,46-49,51,64H,17-24,28-29,32-36H2,1-16H3,(H,58,60)/t40-,41-,42+,46-,47+,48+,49-,51-,55+,56-,57+/m0/s1. The number of aliphatic hydroxyl groups is 1. The molecular weight excluding hydrogens is 991 g/mol. The van der Waals surface area contributed by atoms with E-state index in [-0.39, 0.29) is 49.0 Å². The highest BCUT2D eigenvalue weighted by Gasteiger charge is 2.79. The lowest BCUT2D eigenvalue weighted by Crippen LogP contribution is -2.82. The molecule has 74 heavy (non-hydrogen) atoms. The largest absolute Gasteiger partial charge is 0.459 e. The van der Waals surface area contributed by atoms with Gasteiger partial charge in [0, 0.05) is 38.0 Å². The Kier molecular flexibility index (Phi) is 18.5. The lowest BCUT2D eigenvalue weighted by molar-refractivity contribution is -0.346. The van der Waals surface area contributed by atoms with Crippen LogP contribution in [-0.2, 0) is 56.2 Å². The summed E-state index contributed by atoms with van der Waals surface area (Å²) >= 11 is 0. The lowest BCUT2D eigenvalue weighted by Gasteiger charge is -2.68. The summed E-state index contributed by atoms with van der Waals surface area (Å²) in [6, 6.07) is 12.8. The third-order valence-electron chi connectivity index (χ3n) is 19.5. The molecule has 6 rings (SSSR count). The third kappa shape index (κ3) is 10.9. The first kappa shape index (κ1) is 60.2. The van der Waals surface area contributed by atoms with E-state index in [9.17, 15) is 19.5 Å². The second-order valence-electron chi connectivity index (χ2n) is 24.7. The Morgan fingerprint density at radius 2 is 1.38 bits per heavy atom. The van der Waals surface area contributed by atoms with Crippen molar-refractivity contribution in [3.05, 3.63) is 47.0 Å². The summed E-state index contributed by atoms with van der Waals surface area (Å²) in [5.41, 5.74) is -5.00. The van der Waals surface area contributed by atoms with Gasteiger partial charge in [0.1, 0.15) is 30.0 Å².